The van der Waals surface area contributed by atoms with Crippen LogP contribution >= 0.6 is 0 Å². The number of alkyl halides is 3. The molecule has 0 amide bonds. The molecule has 0 atom stereocenters. The van der Waals surface area contributed by atoms with Gasteiger partial charge in [0, 0.05) is 0 Å². The van der Waals surface area contributed by atoms with Gasteiger partial charge in [-0.25, -0.2) is 0 Å². The van der Waals surface area contributed by atoms with Crippen LogP contribution < -0.4 is 0 Å². The Labute approximate surface area is 144 Å². The summed E-state index contributed by atoms with van der Waals surface area (Å²) in [6, 6.07) is 2.37. The Morgan fingerprint density at radius 1 is 1.29 bits per heavy atom. The van der Waals surface area contributed by atoms with Gasteiger partial charge in [-0.05, 0) is 0 Å². The van der Waals surface area contributed by atoms with Gasteiger partial charge in [0.05, 0.1) is 0 Å². The molecule has 0 spiro atoms. The van der Waals surface area contributed by atoms with E-state index in [1.807, 2.05) is 0 Å². The zero-order valence-electron chi connectivity index (χ0n) is 12.1. The number of pyridine rings is 1. The molecular weight excluding hydrogens is 392 g/mol. The quantitative estimate of drug-likeness (QED) is 0.566. The van der Waals surface area contributed by atoms with Crippen LogP contribution in [0.4, 0.5) is 13.2 Å². The van der Waals surface area contributed by atoms with Gasteiger partial charge in [0.15, 0.2) is 0 Å². The van der Waals surface area contributed by atoms with Gasteiger partial charge in [0.2, 0.25) is 0 Å². The second-order valence-electron chi connectivity index (χ2n) is 4.09. The van der Waals surface area contributed by atoms with Gasteiger partial charge in [0.25, 0.3) is 0 Å². The molecule has 11 heteroatoms. The van der Waals surface area contributed by atoms with Gasteiger partial charge < -0.3 is 7.43 Å². The summed E-state index contributed by atoms with van der Waals surface area (Å²) < 4.78 is 63.2. The smallest absolute Gasteiger partial charge is 0.358 e. The summed E-state index contributed by atoms with van der Waals surface area (Å²) >= 11 is 4.22. The van der Waals surface area contributed by atoms with Crippen LogP contribution in [-0.4, -0.2) is 32.6 Å². The maximum absolute atomic E-state index is 12.5. The Balaban J connectivity index is 0.00000288. The zero-order valence-corrected chi connectivity index (χ0v) is 13.9. The first kappa shape index (κ1) is 20.0. The predicted octanol–water partition coefficient (Wildman–Crippen LogP) is 1.98. The molecule has 0 N–H and O–H groups in total. The van der Waals surface area contributed by atoms with Crippen molar-refractivity contribution in [2.75, 3.05) is 0 Å². The number of rotatable bonds is 5. The van der Waals surface area contributed by atoms with Gasteiger partial charge in [-0.2, -0.15) is 0 Å². The molecule has 0 unspecified atom stereocenters. The van der Waals surface area contributed by atoms with Crippen molar-refractivity contribution in [2.45, 2.75) is 11.1 Å². The van der Waals surface area contributed by atoms with E-state index in [2.05, 4.69) is 25.1 Å². The standard InChI is InChI=1S/C12H8F3N4O2S.CH3.Ni/c1-3-18(2)22(20,21)10-4-5-11(16-7-10)19-8-9(6-17-19)12(13,14)15;;/h1-8H;1H3;/q2*-1;. The van der Waals surface area contributed by atoms with E-state index in [0.717, 1.165) is 34.5 Å². The number of nitrogens with zero attached hydrogens (tertiary/aromatic N) is 4. The SMILES string of the molecule is [CH-]=CN([CH]=[Ni])S(=O)(=O)c1ccc(-n2cc(C(F)(F)F)cn2)nc1.[CH3-]. The van der Waals surface area contributed by atoms with Gasteiger partial charge in [-0.15, -0.1) is 0 Å². The van der Waals surface area contributed by atoms with E-state index >= 15 is 0 Å². The molecule has 0 aromatic carbocycles. The Morgan fingerprint density at radius 3 is 2.38 bits per heavy atom. The third-order valence-electron chi connectivity index (χ3n) is 2.67. The van der Waals surface area contributed by atoms with Crippen molar-refractivity contribution in [1.82, 2.24) is 19.1 Å². The van der Waals surface area contributed by atoms with Crippen LogP contribution in [0.15, 0.2) is 41.8 Å². The Kier molecular flexibility index (Phi) is 6.07. The van der Waals surface area contributed by atoms with Crippen LogP contribution in [0.5, 0.6) is 0 Å². The summed E-state index contributed by atoms with van der Waals surface area (Å²) in [4.78, 5) is 3.57. The molecule has 2 aromatic rings. The van der Waals surface area contributed by atoms with Gasteiger partial charge in [-0.3, -0.25) is 0 Å². The molecule has 24 heavy (non-hydrogen) atoms. The summed E-state index contributed by atoms with van der Waals surface area (Å²) in [7, 11) is -3.99. The maximum atomic E-state index is 12.5. The van der Waals surface area contributed by atoms with Crippen molar-refractivity contribution in [3.8, 4) is 5.82 Å². The van der Waals surface area contributed by atoms with Crippen LogP contribution in [0, 0.1) is 14.0 Å². The summed E-state index contributed by atoms with van der Waals surface area (Å²) in [5.74, 6) is 0.0212. The van der Waals surface area contributed by atoms with E-state index in [4.69, 9.17) is 6.58 Å². The van der Waals surface area contributed by atoms with Crippen molar-refractivity contribution in [2.24, 2.45) is 0 Å². The third kappa shape index (κ3) is 3.91. The first-order valence-corrected chi connectivity index (χ1v) is 7.78. The monoisotopic (exact) mass is 402 g/mol. The summed E-state index contributed by atoms with van der Waals surface area (Å²) in [6.07, 6.45) is -1.39. The van der Waals surface area contributed by atoms with E-state index in [1.165, 1.54) is 6.07 Å². The van der Waals surface area contributed by atoms with Crippen LogP contribution in [-0.2, 0) is 31.2 Å². The average molecular weight is 403 g/mol. The van der Waals surface area contributed by atoms with E-state index in [0.29, 0.717) is 10.5 Å². The Hall–Kier alpha value is -2.00. The van der Waals surface area contributed by atoms with E-state index in [-0.39, 0.29) is 18.1 Å². The zero-order chi connectivity index (χ0) is 17.3. The van der Waals surface area contributed by atoms with Crippen molar-refractivity contribution >= 4 is 15.1 Å². The molecule has 0 fully saturated rings. The number of sulfonamides is 1. The van der Waals surface area contributed by atoms with Gasteiger partial charge >= 0.3 is 137 Å². The molecule has 0 saturated carbocycles. The average Bonchev–Trinajstić information content (AvgIpc) is 2.98. The molecule has 0 radical (unpaired) electrons. The normalized spacial score (nSPS) is 11.5. The predicted molar refractivity (Wildman–Crippen MR) is 76.7 cm³/mol. The second kappa shape index (κ2) is 7.27. The van der Waals surface area contributed by atoms with Gasteiger partial charge in [0.1, 0.15) is 0 Å². The second-order valence-corrected chi connectivity index (χ2v) is 6.19. The van der Waals surface area contributed by atoms with Crippen molar-refractivity contribution in [3.63, 3.8) is 0 Å². The summed E-state index contributed by atoms with van der Waals surface area (Å²) in [5.41, 5.74) is -0.943. The van der Waals surface area contributed by atoms with Crippen molar-refractivity contribution < 1.29 is 36.6 Å². The number of aromatic nitrogens is 3. The fraction of sp³-hybridized carbons (Fsp3) is 0.0769. The minimum atomic E-state index is -4.53. The topological polar surface area (TPSA) is 68.1 Å². The molecule has 6 nitrogen and oxygen atoms in total. The Morgan fingerprint density at radius 2 is 1.96 bits per heavy atom. The molecule has 0 aliphatic heterocycles. The van der Waals surface area contributed by atoms with Crippen LogP contribution in [0.2, 0.25) is 0 Å². The maximum Gasteiger partial charge on any atom is -0.358 e. The third-order valence-corrected chi connectivity index (χ3v) is 4.71. The van der Waals surface area contributed by atoms with Crippen LogP contribution in [0.3, 0.4) is 0 Å². The van der Waals surface area contributed by atoms with Gasteiger partial charge in [-0.1, -0.05) is 0 Å². The van der Waals surface area contributed by atoms with E-state index in [1.54, 1.807) is 0 Å². The molecule has 0 saturated heterocycles. The van der Waals surface area contributed by atoms with Crippen molar-refractivity contribution in [3.05, 3.63) is 56.5 Å². The minimum Gasteiger partial charge on any atom is -0.358 e. The molecule has 0 aliphatic carbocycles. The largest absolute Gasteiger partial charge is 0.358 e. The van der Waals surface area contributed by atoms with E-state index in [9.17, 15) is 21.6 Å². The molecule has 134 valence electrons. The fourth-order valence-electron chi connectivity index (χ4n) is 1.53. The first-order chi connectivity index (χ1) is 10.7. The van der Waals surface area contributed by atoms with Crippen LogP contribution in [0.1, 0.15) is 5.56 Å². The molecule has 2 aromatic heterocycles. The summed E-state index contributed by atoms with van der Waals surface area (Å²) in [6.45, 7) is 5.16. The van der Waals surface area contributed by atoms with E-state index < -0.39 is 21.8 Å². The number of hydrogen-bond donors (Lipinski definition) is 0. The molecule has 2 rings (SSSR count). The molecular formula is C13H11F3N4NiO2S-2. The molecule has 2 heterocycles. The van der Waals surface area contributed by atoms with Crippen LogP contribution in [0.25, 0.3) is 5.82 Å². The van der Waals surface area contributed by atoms with Crippen molar-refractivity contribution in [1.29, 1.82) is 0 Å². The number of halogens is 3. The fourth-order valence-corrected chi connectivity index (χ4v) is 2.94. The Bertz CT molecular complexity index is 824. The molecule has 0 bridgehead atoms. The number of hydrogen-bond acceptors (Lipinski definition) is 4. The molecule has 0 aliphatic rings. The minimum absolute atomic E-state index is 0. The summed E-state index contributed by atoms with van der Waals surface area (Å²) in [5, 5.41) is 4.41. The first-order valence-electron chi connectivity index (χ1n) is 5.77.